The molecule has 1 aromatic heterocycles. The molecular weight excluding hydrogens is 398 g/mol. The summed E-state index contributed by atoms with van der Waals surface area (Å²) in [5.74, 6) is -1.21. The lowest BCUT2D eigenvalue weighted by atomic mass is 10.0. The third-order valence-electron chi connectivity index (χ3n) is 3.96. The largest absolute Gasteiger partial charge is 0.465 e. The van der Waals surface area contributed by atoms with Crippen LogP contribution in [0.5, 0.6) is 0 Å². The van der Waals surface area contributed by atoms with Gasteiger partial charge in [0.15, 0.2) is 0 Å². The van der Waals surface area contributed by atoms with Crippen molar-refractivity contribution in [1.29, 1.82) is 0 Å². The SMILES string of the molecule is COC(=O)c1c(-c2ccccc2)cn(-c2ccc(Br)cc2)c1C(=O)OC. The molecule has 0 atom stereocenters. The molecule has 0 bridgehead atoms. The molecule has 3 rings (SSSR count). The van der Waals surface area contributed by atoms with Crippen LogP contribution in [0.1, 0.15) is 20.8 Å². The molecule has 0 saturated carbocycles. The van der Waals surface area contributed by atoms with Crippen LogP contribution in [0.4, 0.5) is 0 Å². The highest BCUT2D eigenvalue weighted by atomic mass is 79.9. The van der Waals surface area contributed by atoms with E-state index in [0.717, 1.165) is 15.7 Å². The molecule has 0 unspecified atom stereocenters. The van der Waals surface area contributed by atoms with Crippen molar-refractivity contribution in [3.63, 3.8) is 0 Å². The number of aromatic nitrogens is 1. The predicted octanol–water partition coefficient (Wildman–Crippen LogP) is 4.48. The maximum atomic E-state index is 12.5. The first-order valence-corrected chi connectivity index (χ1v) is 8.59. The van der Waals surface area contributed by atoms with Gasteiger partial charge < -0.3 is 14.0 Å². The second-order valence-electron chi connectivity index (χ2n) is 5.46. The van der Waals surface area contributed by atoms with Gasteiger partial charge in [-0.2, -0.15) is 0 Å². The molecule has 2 aromatic carbocycles. The number of halogens is 1. The van der Waals surface area contributed by atoms with Crippen molar-refractivity contribution < 1.29 is 19.1 Å². The summed E-state index contributed by atoms with van der Waals surface area (Å²) in [6, 6.07) is 16.7. The Hall–Kier alpha value is -2.86. The highest BCUT2D eigenvalue weighted by molar-refractivity contribution is 9.10. The van der Waals surface area contributed by atoms with E-state index in [1.807, 2.05) is 54.6 Å². The lowest BCUT2D eigenvalue weighted by molar-refractivity contribution is 0.0550. The first kappa shape index (κ1) is 17.9. The van der Waals surface area contributed by atoms with Crippen molar-refractivity contribution in [3.05, 3.63) is 76.5 Å². The Morgan fingerprint density at radius 3 is 2.08 bits per heavy atom. The maximum Gasteiger partial charge on any atom is 0.355 e. The van der Waals surface area contributed by atoms with Gasteiger partial charge >= 0.3 is 11.9 Å². The Morgan fingerprint density at radius 1 is 0.885 bits per heavy atom. The average Bonchev–Trinajstić information content (AvgIpc) is 3.08. The molecule has 3 aromatic rings. The molecule has 5 nitrogen and oxygen atoms in total. The van der Waals surface area contributed by atoms with Gasteiger partial charge in [0.05, 0.1) is 14.2 Å². The topological polar surface area (TPSA) is 57.5 Å². The smallest absolute Gasteiger partial charge is 0.355 e. The Kier molecular flexibility index (Phi) is 5.23. The number of benzene rings is 2. The number of methoxy groups -OCH3 is 2. The Bertz CT molecular complexity index is 946. The minimum Gasteiger partial charge on any atom is -0.465 e. The summed E-state index contributed by atoms with van der Waals surface area (Å²) in [6.07, 6.45) is 1.75. The van der Waals surface area contributed by atoms with Crippen LogP contribution in [-0.2, 0) is 9.47 Å². The highest BCUT2D eigenvalue weighted by Gasteiger charge is 2.29. The maximum absolute atomic E-state index is 12.5. The van der Waals surface area contributed by atoms with Crippen molar-refractivity contribution in [1.82, 2.24) is 4.57 Å². The summed E-state index contributed by atoms with van der Waals surface area (Å²) in [5.41, 5.74) is 2.42. The Morgan fingerprint density at radius 2 is 1.50 bits per heavy atom. The lowest BCUT2D eigenvalue weighted by Crippen LogP contribution is -2.15. The van der Waals surface area contributed by atoms with Gasteiger partial charge in [-0.25, -0.2) is 9.59 Å². The predicted molar refractivity (Wildman–Crippen MR) is 102 cm³/mol. The van der Waals surface area contributed by atoms with Crippen LogP contribution < -0.4 is 0 Å². The molecule has 0 radical (unpaired) electrons. The number of nitrogens with zero attached hydrogens (tertiary/aromatic N) is 1. The van der Waals surface area contributed by atoms with E-state index in [1.165, 1.54) is 14.2 Å². The fourth-order valence-electron chi connectivity index (χ4n) is 2.75. The number of ether oxygens (including phenoxy) is 2. The number of esters is 2. The number of hydrogen-bond donors (Lipinski definition) is 0. The van der Waals surface area contributed by atoms with E-state index in [0.29, 0.717) is 5.56 Å². The summed E-state index contributed by atoms with van der Waals surface area (Å²) in [4.78, 5) is 25.0. The molecule has 0 aliphatic rings. The highest BCUT2D eigenvalue weighted by Crippen LogP contribution is 2.32. The third-order valence-corrected chi connectivity index (χ3v) is 4.49. The second kappa shape index (κ2) is 7.58. The zero-order valence-corrected chi connectivity index (χ0v) is 15.8. The van der Waals surface area contributed by atoms with Gasteiger partial charge in [0.1, 0.15) is 11.3 Å². The molecule has 0 aliphatic heterocycles. The van der Waals surface area contributed by atoms with Crippen LogP contribution in [0.25, 0.3) is 16.8 Å². The first-order valence-electron chi connectivity index (χ1n) is 7.80. The second-order valence-corrected chi connectivity index (χ2v) is 6.38. The van der Waals surface area contributed by atoms with E-state index in [4.69, 9.17) is 9.47 Å². The fraction of sp³-hybridized carbons (Fsp3) is 0.100. The minimum atomic E-state index is -0.615. The van der Waals surface area contributed by atoms with Gasteiger partial charge in [-0.05, 0) is 29.8 Å². The molecule has 0 fully saturated rings. The molecule has 0 N–H and O–H groups in total. The number of carbonyl (C=O) groups excluding carboxylic acids is 2. The first-order chi connectivity index (χ1) is 12.6. The van der Waals surface area contributed by atoms with Crippen LogP contribution in [-0.4, -0.2) is 30.7 Å². The summed E-state index contributed by atoms with van der Waals surface area (Å²) < 4.78 is 12.4. The molecule has 0 amide bonds. The van der Waals surface area contributed by atoms with Gasteiger partial charge in [-0.1, -0.05) is 46.3 Å². The van der Waals surface area contributed by atoms with Crippen molar-refractivity contribution >= 4 is 27.9 Å². The van der Waals surface area contributed by atoms with Gasteiger partial charge in [-0.15, -0.1) is 0 Å². The molecule has 0 saturated heterocycles. The van der Waals surface area contributed by atoms with Crippen molar-refractivity contribution in [2.75, 3.05) is 14.2 Å². The molecule has 1 heterocycles. The molecule has 132 valence electrons. The van der Waals surface area contributed by atoms with Crippen LogP contribution >= 0.6 is 15.9 Å². The van der Waals surface area contributed by atoms with Gasteiger partial charge in [-0.3, -0.25) is 0 Å². The number of carbonyl (C=O) groups is 2. The van der Waals surface area contributed by atoms with Crippen LogP contribution in [0.3, 0.4) is 0 Å². The Balaban J connectivity index is 2.33. The zero-order chi connectivity index (χ0) is 18.7. The van der Waals surface area contributed by atoms with E-state index in [1.54, 1.807) is 10.8 Å². The van der Waals surface area contributed by atoms with Crippen LogP contribution in [0.2, 0.25) is 0 Å². The van der Waals surface area contributed by atoms with Gasteiger partial charge in [0.2, 0.25) is 0 Å². The monoisotopic (exact) mass is 413 g/mol. The lowest BCUT2D eigenvalue weighted by Gasteiger charge is -2.09. The van der Waals surface area contributed by atoms with Crippen LogP contribution in [0, 0.1) is 0 Å². The summed E-state index contributed by atoms with van der Waals surface area (Å²) >= 11 is 3.39. The normalized spacial score (nSPS) is 10.4. The molecule has 26 heavy (non-hydrogen) atoms. The molecule has 0 spiro atoms. The molecular formula is C20H16BrNO4. The van der Waals surface area contributed by atoms with Gasteiger partial charge in [0.25, 0.3) is 0 Å². The third kappa shape index (κ3) is 3.28. The molecule has 0 aliphatic carbocycles. The van der Waals surface area contributed by atoms with E-state index in [2.05, 4.69) is 15.9 Å². The summed E-state index contributed by atoms with van der Waals surface area (Å²) in [7, 11) is 2.57. The van der Waals surface area contributed by atoms with Crippen molar-refractivity contribution in [2.45, 2.75) is 0 Å². The average molecular weight is 414 g/mol. The number of hydrogen-bond acceptors (Lipinski definition) is 4. The van der Waals surface area contributed by atoms with E-state index >= 15 is 0 Å². The summed E-state index contributed by atoms with van der Waals surface area (Å²) in [5, 5.41) is 0. The minimum absolute atomic E-state index is 0.125. The van der Waals surface area contributed by atoms with E-state index in [9.17, 15) is 9.59 Å². The zero-order valence-electron chi connectivity index (χ0n) is 14.2. The van der Waals surface area contributed by atoms with E-state index in [-0.39, 0.29) is 11.3 Å². The Labute approximate surface area is 159 Å². The standard InChI is InChI=1S/C20H16BrNO4/c1-25-19(23)17-16(13-6-4-3-5-7-13)12-22(18(17)20(24)26-2)15-10-8-14(21)9-11-15/h3-12H,1-2H3. The summed E-state index contributed by atoms with van der Waals surface area (Å²) in [6.45, 7) is 0. The van der Waals surface area contributed by atoms with Crippen LogP contribution in [0.15, 0.2) is 65.3 Å². The van der Waals surface area contributed by atoms with Gasteiger partial charge in [0, 0.05) is 21.9 Å². The number of rotatable bonds is 4. The quantitative estimate of drug-likeness (QED) is 0.591. The van der Waals surface area contributed by atoms with E-state index < -0.39 is 11.9 Å². The molecule has 6 heteroatoms. The van der Waals surface area contributed by atoms with Crippen molar-refractivity contribution in [2.24, 2.45) is 0 Å². The van der Waals surface area contributed by atoms with Crippen molar-refractivity contribution in [3.8, 4) is 16.8 Å². The fourth-order valence-corrected chi connectivity index (χ4v) is 3.02.